The van der Waals surface area contributed by atoms with Crippen molar-refractivity contribution in [3.05, 3.63) is 28.5 Å². The van der Waals surface area contributed by atoms with Crippen molar-refractivity contribution in [1.82, 2.24) is 15.6 Å². The molecule has 0 aliphatic heterocycles. The van der Waals surface area contributed by atoms with Gasteiger partial charge < -0.3 is 10.6 Å². The second-order valence-corrected chi connectivity index (χ2v) is 4.82. The van der Waals surface area contributed by atoms with E-state index in [0.29, 0.717) is 6.54 Å². The van der Waals surface area contributed by atoms with E-state index in [2.05, 4.69) is 31.5 Å². The second-order valence-electron chi connectivity index (χ2n) is 3.91. The van der Waals surface area contributed by atoms with Crippen LogP contribution in [0.4, 0.5) is 0 Å². The standard InChI is InChI=1S/C12H18BrN3O/c1-3-4-15-12(17)9(2)16-7-10-5-11(13)8-14-6-10/h5-6,8-9,16H,3-4,7H2,1-2H3,(H,15,17). The molecule has 1 aromatic rings. The van der Waals surface area contributed by atoms with Crippen LogP contribution in [0, 0.1) is 0 Å². The van der Waals surface area contributed by atoms with Crippen molar-refractivity contribution in [3.63, 3.8) is 0 Å². The van der Waals surface area contributed by atoms with E-state index in [-0.39, 0.29) is 11.9 Å². The number of nitrogens with one attached hydrogen (secondary N) is 2. The quantitative estimate of drug-likeness (QED) is 0.843. The molecule has 0 saturated carbocycles. The molecule has 1 heterocycles. The minimum absolute atomic E-state index is 0.0369. The summed E-state index contributed by atoms with van der Waals surface area (Å²) in [4.78, 5) is 15.7. The average Bonchev–Trinajstić information content (AvgIpc) is 2.33. The van der Waals surface area contributed by atoms with E-state index in [9.17, 15) is 4.79 Å². The molecule has 1 unspecified atom stereocenters. The summed E-state index contributed by atoms with van der Waals surface area (Å²) in [7, 11) is 0. The fourth-order valence-corrected chi connectivity index (χ4v) is 1.73. The zero-order valence-corrected chi connectivity index (χ0v) is 11.8. The normalized spacial score (nSPS) is 12.2. The Kier molecular flexibility index (Phi) is 6.15. The molecule has 0 saturated heterocycles. The third-order valence-corrected chi connectivity index (χ3v) is 2.75. The fraction of sp³-hybridized carbons (Fsp3) is 0.500. The molecule has 0 radical (unpaired) electrons. The zero-order chi connectivity index (χ0) is 12.7. The molecule has 4 nitrogen and oxygen atoms in total. The van der Waals surface area contributed by atoms with Gasteiger partial charge >= 0.3 is 0 Å². The first-order chi connectivity index (χ1) is 8.13. The number of amides is 1. The van der Waals surface area contributed by atoms with Crippen LogP contribution in [0.5, 0.6) is 0 Å². The summed E-state index contributed by atoms with van der Waals surface area (Å²) in [6, 6.07) is 1.79. The van der Waals surface area contributed by atoms with Gasteiger partial charge in [0.05, 0.1) is 6.04 Å². The van der Waals surface area contributed by atoms with Crippen molar-refractivity contribution in [2.75, 3.05) is 6.54 Å². The number of pyridine rings is 1. The van der Waals surface area contributed by atoms with Crippen LogP contribution in [0.2, 0.25) is 0 Å². The summed E-state index contributed by atoms with van der Waals surface area (Å²) >= 11 is 3.36. The molecule has 1 aromatic heterocycles. The zero-order valence-electron chi connectivity index (χ0n) is 10.2. The molecule has 5 heteroatoms. The lowest BCUT2D eigenvalue weighted by Crippen LogP contribution is -2.42. The number of nitrogens with zero attached hydrogens (tertiary/aromatic N) is 1. The van der Waals surface area contributed by atoms with Crippen molar-refractivity contribution >= 4 is 21.8 Å². The van der Waals surface area contributed by atoms with E-state index in [4.69, 9.17) is 0 Å². The van der Waals surface area contributed by atoms with Crippen molar-refractivity contribution in [2.24, 2.45) is 0 Å². The largest absolute Gasteiger partial charge is 0.355 e. The van der Waals surface area contributed by atoms with Gasteiger partial charge in [-0.25, -0.2) is 0 Å². The van der Waals surface area contributed by atoms with Crippen LogP contribution in [0.25, 0.3) is 0 Å². The highest BCUT2D eigenvalue weighted by molar-refractivity contribution is 9.10. The van der Waals surface area contributed by atoms with Gasteiger partial charge in [0, 0.05) is 30.0 Å². The van der Waals surface area contributed by atoms with Gasteiger partial charge in [0.25, 0.3) is 0 Å². The van der Waals surface area contributed by atoms with Crippen molar-refractivity contribution in [3.8, 4) is 0 Å². The van der Waals surface area contributed by atoms with Crippen LogP contribution in [0.3, 0.4) is 0 Å². The van der Waals surface area contributed by atoms with E-state index in [1.54, 1.807) is 12.4 Å². The van der Waals surface area contributed by atoms with Gasteiger partial charge in [0.15, 0.2) is 0 Å². The highest BCUT2D eigenvalue weighted by atomic mass is 79.9. The number of hydrogen-bond acceptors (Lipinski definition) is 3. The third kappa shape index (κ3) is 5.28. The molecule has 0 fully saturated rings. The van der Waals surface area contributed by atoms with Gasteiger partial charge in [0.1, 0.15) is 0 Å². The van der Waals surface area contributed by atoms with Crippen molar-refractivity contribution in [2.45, 2.75) is 32.9 Å². The number of rotatable bonds is 6. The van der Waals surface area contributed by atoms with Gasteiger partial charge in [-0.3, -0.25) is 9.78 Å². The molecule has 1 amide bonds. The predicted octanol–water partition coefficient (Wildman–Crippen LogP) is 1.85. The molecule has 0 aliphatic rings. The summed E-state index contributed by atoms with van der Waals surface area (Å²) in [5.74, 6) is 0.0369. The van der Waals surface area contributed by atoms with Crippen LogP contribution in [-0.2, 0) is 11.3 Å². The molecular formula is C12H18BrN3O. The molecule has 94 valence electrons. The average molecular weight is 300 g/mol. The van der Waals surface area contributed by atoms with E-state index >= 15 is 0 Å². The van der Waals surface area contributed by atoms with E-state index in [0.717, 1.165) is 23.0 Å². The minimum atomic E-state index is -0.194. The fourth-order valence-electron chi connectivity index (χ4n) is 1.32. The molecule has 2 N–H and O–H groups in total. The molecule has 0 aromatic carbocycles. The van der Waals surface area contributed by atoms with Crippen LogP contribution in [0.1, 0.15) is 25.8 Å². The summed E-state index contributed by atoms with van der Waals surface area (Å²) < 4.78 is 0.944. The number of aromatic nitrogens is 1. The SMILES string of the molecule is CCCNC(=O)C(C)NCc1cncc(Br)c1. The monoisotopic (exact) mass is 299 g/mol. The van der Waals surface area contributed by atoms with E-state index in [1.165, 1.54) is 0 Å². The maximum absolute atomic E-state index is 11.6. The van der Waals surface area contributed by atoms with Crippen LogP contribution >= 0.6 is 15.9 Å². The van der Waals surface area contributed by atoms with Gasteiger partial charge in [-0.05, 0) is 40.9 Å². The van der Waals surface area contributed by atoms with Gasteiger partial charge in [-0.15, -0.1) is 0 Å². The maximum atomic E-state index is 11.6. The summed E-state index contributed by atoms with van der Waals surface area (Å²) in [6.45, 7) is 5.25. The molecular weight excluding hydrogens is 282 g/mol. The summed E-state index contributed by atoms with van der Waals surface area (Å²) in [5.41, 5.74) is 1.05. The Morgan fingerprint density at radius 1 is 1.53 bits per heavy atom. The number of carbonyl (C=O) groups is 1. The molecule has 0 aliphatic carbocycles. The predicted molar refractivity (Wildman–Crippen MR) is 71.5 cm³/mol. The maximum Gasteiger partial charge on any atom is 0.236 e. The lowest BCUT2D eigenvalue weighted by Gasteiger charge is -2.13. The van der Waals surface area contributed by atoms with Crippen molar-refractivity contribution < 1.29 is 4.79 Å². The third-order valence-electron chi connectivity index (χ3n) is 2.32. The first kappa shape index (κ1) is 14.1. The highest BCUT2D eigenvalue weighted by Crippen LogP contribution is 2.09. The van der Waals surface area contributed by atoms with Gasteiger partial charge in [-0.1, -0.05) is 6.92 Å². The molecule has 1 rings (SSSR count). The number of halogens is 1. The number of hydrogen-bond donors (Lipinski definition) is 2. The van der Waals surface area contributed by atoms with E-state index in [1.807, 2.05) is 19.9 Å². The van der Waals surface area contributed by atoms with Crippen LogP contribution in [0.15, 0.2) is 22.9 Å². The lowest BCUT2D eigenvalue weighted by atomic mass is 10.2. The topological polar surface area (TPSA) is 54.0 Å². The highest BCUT2D eigenvalue weighted by Gasteiger charge is 2.10. The van der Waals surface area contributed by atoms with Crippen LogP contribution < -0.4 is 10.6 Å². The molecule has 0 bridgehead atoms. The molecule has 17 heavy (non-hydrogen) atoms. The second kappa shape index (κ2) is 7.40. The van der Waals surface area contributed by atoms with Crippen molar-refractivity contribution in [1.29, 1.82) is 0 Å². The first-order valence-electron chi connectivity index (χ1n) is 5.74. The Bertz CT molecular complexity index is 371. The minimum Gasteiger partial charge on any atom is -0.355 e. The summed E-state index contributed by atoms with van der Waals surface area (Å²) in [6.07, 6.45) is 4.48. The Labute approximate surface area is 110 Å². The van der Waals surface area contributed by atoms with Gasteiger partial charge in [-0.2, -0.15) is 0 Å². The summed E-state index contributed by atoms with van der Waals surface area (Å²) in [5, 5.41) is 6.02. The Balaban J connectivity index is 2.37. The number of carbonyl (C=O) groups excluding carboxylic acids is 1. The van der Waals surface area contributed by atoms with Gasteiger partial charge in [0.2, 0.25) is 5.91 Å². The first-order valence-corrected chi connectivity index (χ1v) is 6.53. The van der Waals surface area contributed by atoms with E-state index < -0.39 is 0 Å². The molecule has 0 spiro atoms. The Morgan fingerprint density at radius 2 is 2.29 bits per heavy atom. The Morgan fingerprint density at radius 3 is 2.94 bits per heavy atom. The Hall–Kier alpha value is -0.940. The smallest absolute Gasteiger partial charge is 0.236 e. The lowest BCUT2D eigenvalue weighted by molar-refractivity contribution is -0.122. The molecule has 1 atom stereocenters. The van der Waals surface area contributed by atoms with Crippen LogP contribution in [-0.4, -0.2) is 23.5 Å².